The highest BCUT2D eigenvalue weighted by molar-refractivity contribution is 5.88. The first-order chi connectivity index (χ1) is 9.76. The maximum atomic E-state index is 11.6. The molecule has 1 atom stereocenters. The summed E-state index contributed by atoms with van der Waals surface area (Å²) in [4.78, 5) is 11.6. The largest absolute Gasteiger partial charge is 0.464 e. The average molecular weight is 282 g/mol. The van der Waals surface area contributed by atoms with Crippen LogP contribution in [0.2, 0.25) is 0 Å². The van der Waals surface area contributed by atoms with Crippen molar-refractivity contribution in [3.05, 3.63) is 11.4 Å². The molecule has 2 heterocycles. The van der Waals surface area contributed by atoms with E-state index in [1.54, 1.807) is 4.68 Å². The lowest BCUT2D eigenvalue weighted by atomic mass is 10.1. The van der Waals surface area contributed by atoms with E-state index in [9.17, 15) is 4.79 Å². The number of nitrogens with two attached hydrogens (primary N) is 1. The van der Waals surface area contributed by atoms with E-state index in [-0.39, 0.29) is 5.69 Å². The molecule has 1 aromatic heterocycles. The Morgan fingerprint density at radius 3 is 3.10 bits per heavy atom. The number of nitrogens with zero attached hydrogens (tertiary/aromatic N) is 3. The van der Waals surface area contributed by atoms with Crippen LogP contribution in [0.5, 0.6) is 0 Å². The number of carbonyl (C=O) groups is 1. The molecule has 0 amide bonds. The molecule has 1 unspecified atom stereocenters. The molecule has 0 radical (unpaired) electrons. The minimum Gasteiger partial charge on any atom is -0.464 e. The maximum Gasteiger partial charge on any atom is 0.360 e. The van der Waals surface area contributed by atoms with Gasteiger partial charge in [-0.15, -0.1) is 5.10 Å². The molecule has 1 fully saturated rings. The first-order valence-electron chi connectivity index (χ1n) is 7.08. The SMILES string of the molecule is COC(=O)c1nnn(CCCC2CCCO2)c1CCN. The molecule has 0 aliphatic carbocycles. The predicted molar refractivity (Wildman–Crippen MR) is 72.3 cm³/mol. The van der Waals surface area contributed by atoms with Gasteiger partial charge in [0.15, 0.2) is 5.69 Å². The smallest absolute Gasteiger partial charge is 0.360 e. The Morgan fingerprint density at radius 2 is 2.45 bits per heavy atom. The van der Waals surface area contributed by atoms with Gasteiger partial charge in [-0.05, 0) is 32.2 Å². The minimum atomic E-state index is -0.459. The molecule has 1 saturated heterocycles. The lowest BCUT2D eigenvalue weighted by molar-refractivity contribution is 0.0592. The van der Waals surface area contributed by atoms with Crippen LogP contribution < -0.4 is 5.73 Å². The van der Waals surface area contributed by atoms with Gasteiger partial charge in [0.05, 0.1) is 18.9 Å². The van der Waals surface area contributed by atoms with E-state index < -0.39 is 5.97 Å². The van der Waals surface area contributed by atoms with Gasteiger partial charge in [-0.3, -0.25) is 0 Å². The summed E-state index contributed by atoms with van der Waals surface area (Å²) < 4.78 is 12.1. The second-order valence-corrected chi connectivity index (χ2v) is 4.92. The van der Waals surface area contributed by atoms with Gasteiger partial charge in [0.2, 0.25) is 0 Å². The summed E-state index contributed by atoms with van der Waals surface area (Å²) in [7, 11) is 1.34. The van der Waals surface area contributed by atoms with Gasteiger partial charge < -0.3 is 15.2 Å². The second kappa shape index (κ2) is 7.35. The van der Waals surface area contributed by atoms with Crippen molar-refractivity contribution < 1.29 is 14.3 Å². The highest BCUT2D eigenvalue weighted by atomic mass is 16.5. The van der Waals surface area contributed by atoms with Gasteiger partial charge in [0.25, 0.3) is 0 Å². The molecule has 1 aliphatic heterocycles. The fourth-order valence-corrected chi connectivity index (χ4v) is 2.49. The Balaban J connectivity index is 1.95. The lowest BCUT2D eigenvalue weighted by Gasteiger charge is -2.10. The third-order valence-corrected chi connectivity index (χ3v) is 3.52. The van der Waals surface area contributed by atoms with E-state index in [4.69, 9.17) is 15.2 Å². The van der Waals surface area contributed by atoms with Gasteiger partial charge >= 0.3 is 5.97 Å². The zero-order valence-corrected chi connectivity index (χ0v) is 11.9. The van der Waals surface area contributed by atoms with Crippen molar-refractivity contribution in [2.45, 2.75) is 44.8 Å². The van der Waals surface area contributed by atoms with Crippen LogP contribution in [0.4, 0.5) is 0 Å². The summed E-state index contributed by atoms with van der Waals surface area (Å²) in [6.07, 6.45) is 5.19. The molecule has 2 N–H and O–H groups in total. The molecule has 1 aliphatic rings. The van der Waals surface area contributed by atoms with Gasteiger partial charge in [-0.25, -0.2) is 9.48 Å². The third kappa shape index (κ3) is 3.55. The highest BCUT2D eigenvalue weighted by Crippen LogP contribution is 2.17. The Morgan fingerprint density at radius 1 is 1.60 bits per heavy atom. The normalized spacial score (nSPS) is 18.4. The Bertz CT molecular complexity index is 441. The average Bonchev–Trinajstić information content (AvgIpc) is 3.09. The van der Waals surface area contributed by atoms with Crippen molar-refractivity contribution in [1.82, 2.24) is 15.0 Å². The quantitative estimate of drug-likeness (QED) is 0.733. The summed E-state index contributed by atoms with van der Waals surface area (Å²) >= 11 is 0. The van der Waals surface area contributed by atoms with Crippen LogP contribution in [0, 0.1) is 0 Å². The van der Waals surface area contributed by atoms with E-state index >= 15 is 0 Å². The topological polar surface area (TPSA) is 92.3 Å². The predicted octanol–water partition coefficient (Wildman–Crippen LogP) is 0.525. The van der Waals surface area contributed by atoms with E-state index in [1.165, 1.54) is 7.11 Å². The first-order valence-corrected chi connectivity index (χ1v) is 7.08. The number of aryl methyl sites for hydroxylation is 1. The highest BCUT2D eigenvalue weighted by Gasteiger charge is 2.20. The summed E-state index contributed by atoms with van der Waals surface area (Å²) in [5.41, 5.74) is 6.62. The van der Waals surface area contributed by atoms with Gasteiger partial charge in [-0.2, -0.15) is 0 Å². The van der Waals surface area contributed by atoms with E-state index in [2.05, 4.69) is 10.3 Å². The fourth-order valence-electron chi connectivity index (χ4n) is 2.49. The van der Waals surface area contributed by atoms with E-state index in [1.807, 2.05) is 0 Å². The molecule has 112 valence electrons. The van der Waals surface area contributed by atoms with Crippen molar-refractivity contribution in [2.75, 3.05) is 20.3 Å². The fraction of sp³-hybridized carbons (Fsp3) is 0.769. The van der Waals surface area contributed by atoms with Crippen molar-refractivity contribution in [2.24, 2.45) is 5.73 Å². The maximum absolute atomic E-state index is 11.6. The Hall–Kier alpha value is -1.47. The summed E-state index contributed by atoms with van der Waals surface area (Å²) in [5.74, 6) is -0.459. The van der Waals surface area contributed by atoms with Crippen LogP contribution in [0.25, 0.3) is 0 Å². The standard InChI is InChI=1S/C13H22N4O3/c1-19-13(18)12-11(6-7-14)17(16-15-12)8-2-4-10-5-3-9-20-10/h10H,2-9,14H2,1H3. The molecule has 20 heavy (non-hydrogen) atoms. The zero-order chi connectivity index (χ0) is 14.4. The lowest BCUT2D eigenvalue weighted by Crippen LogP contribution is -2.15. The molecule has 0 bridgehead atoms. The number of aromatic nitrogens is 3. The number of hydrogen-bond donors (Lipinski definition) is 1. The molecule has 1 aromatic rings. The molecule has 0 saturated carbocycles. The van der Waals surface area contributed by atoms with Crippen molar-refractivity contribution in [1.29, 1.82) is 0 Å². The summed E-state index contributed by atoms with van der Waals surface area (Å²) in [6, 6.07) is 0. The first kappa shape index (κ1) is 14.9. The molecule has 0 spiro atoms. The van der Waals surface area contributed by atoms with E-state index in [0.29, 0.717) is 19.1 Å². The summed E-state index contributed by atoms with van der Waals surface area (Å²) in [6.45, 7) is 2.04. The number of methoxy groups -OCH3 is 1. The van der Waals surface area contributed by atoms with Crippen LogP contribution in [-0.4, -0.2) is 47.3 Å². The molecule has 7 nitrogen and oxygen atoms in total. The number of esters is 1. The minimum absolute atomic E-state index is 0.273. The second-order valence-electron chi connectivity index (χ2n) is 4.92. The van der Waals surface area contributed by atoms with Crippen molar-refractivity contribution in [3.8, 4) is 0 Å². The number of ether oxygens (including phenoxy) is 2. The number of hydrogen-bond acceptors (Lipinski definition) is 6. The number of rotatable bonds is 7. The zero-order valence-electron chi connectivity index (χ0n) is 11.9. The van der Waals surface area contributed by atoms with Crippen LogP contribution in [0.1, 0.15) is 41.9 Å². The molecule has 2 rings (SSSR count). The summed E-state index contributed by atoms with van der Waals surface area (Å²) in [5, 5.41) is 7.94. The van der Waals surface area contributed by atoms with Crippen LogP contribution in [0.3, 0.4) is 0 Å². The van der Waals surface area contributed by atoms with Crippen LogP contribution in [-0.2, 0) is 22.4 Å². The van der Waals surface area contributed by atoms with Gasteiger partial charge in [0.1, 0.15) is 0 Å². The molecular weight excluding hydrogens is 260 g/mol. The Labute approximate surface area is 118 Å². The molecular formula is C13H22N4O3. The van der Waals surface area contributed by atoms with E-state index in [0.717, 1.165) is 44.5 Å². The molecule has 7 heteroatoms. The third-order valence-electron chi connectivity index (χ3n) is 3.52. The monoisotopic (exact) mass is 282 g/mol. The van der Waals surface area contributed by atoms with Crippen LogP contribution >= 0.6 is 0 Å². The molecule has 0 aromatic carbocycles. The number of carbonyl (C=O) groups excluding carboxylic acids is 1. The van der Waals surface area contributed by atoms with Gasteiger partial charge in [-0.1, -0.05) is 5.21 Å². The van der Waals surface area contributed by atoms with Gasteiger partial charge in [0, 0.05) is 19.6 Å². The Kier molecular flexibility index (Phi) is 5.49. The van der Waals surface area contributed by atoms with Crippen LogP contribution in [0.15, 0.2) is 0 Å². The van der Waals surface area contributed by atoms with Crippen molar-refractivity contribution in [3.63, 3.8) is 0 Å². The van der Waals surface area contributed by atoms with Crippen molar-refractivity contribution >= 4 is 5.97 Å².